The lowest BCUT2D eigenvalue weighted by Gasteiger charge is -2.17. The molecule has 3 heterocycles. The first-order valence-electron chi connectivity index (χ1n) is 12.9. The number of ether oxygens (including phenoxy) is 3. The molecule has 0 unspecified atom stereocenters. The summed E-state index contributed by atoms with van der Waals surface area (Å²) in [5.74, 6) is -2.08. The molecule has 0 saturated carbocycles. The molecule has 1 aliphatic heterocycles. The molecule has 1 aliphatic rings. The van der Waals surface area contributed by atoms with Crippen LogP contribution < -0.4 is 10.5 Å². The summed E-state index contributed by atoms with van der Waals surface area (Å²) in [4.78, 5) is 8.27. The lowest BCUT2D eigenvalue weighted by Crippen LogP contribution is -2.25. The van der Waals surface area contributed by atoms with E-state index in [1.807, 2.05) is 26.0 Å². The van der Waals surface area contributed by atoms with Gasteiger partial charge in [0.05, 0.1) is 12.2 Å². The van der Waals surface area contributed by atoms with Crippen LogP contribution in [0.3, 0.4) is 0 Å². The van der Waals surface area contributed by atoms with Crippen LogP contribution in [0.2, 0.25) is 0 Å². The summed E-state index contributed by atoms with van der Waals surface area (Å²) < 4.78 is 63.6. The van der Waals surface area contributed by atoms with E-state index < -0.39 is 17.7 Å². The number of nitrogen functional groups attached to an aromatic ring is 1. The molecule has 220 valence electrons. The predicted molar refractivity (Wildman–Crippen MR) is 150 cm³/mol. The van der Waals surface area contributed by atoms with Gasteiger partial charge < -0.3 is 24.4 Å². The van der Waals surface area contributed by atoms with Gasteiger partial charge in [0.1, 0.15) is 52.7 Å². The third-order valence-electron chi connectivity index (χ3n) is 6.38. The van der Waals surface area contributed by atoms with Gasteiger partial charge in [-0.25, -0.2) is 9.97 Å². The van der Waals surface area contributed by atoms with Gasteiger partial charge in [-0.3, -0.25) is 0 Å². The first-order valence-corrected chi connectivity index (χ1v) is 13.9. The van der Waals surface area contributed by atoms with Crippen LogP contribution >= 0.6 is 11.8 Å². The van der Waals surface area contributed by atoms with Gasteiger partial charge in [-0.15, -0.1) is 0 Å². The fraction of sp³-hybridized carbons (Fsp3) is 0.267. The number of rotatable bonds is 8. The monoisotopic (exact) mass is 607 g/mol. The standard InChI is InChI=1S/C30H24F3N5O4S/c1-29(2)40-15-20(42-29)14-39-19-10-8-17(9-11-19)24-21(12-34)26(36)38-28(22(24)13-35)43-16-23-25(30(31,32)33)41-27(37-23)18-6-4-3-5-7-18/h3-11,20H,14-16H2,1-2H3,(H2,36,38)/t20-/m1/s1. The van der Waals surface area contributed by atoms with E-state index in [0.717, 1.165) is 11.8 Å². The molecule has 2 N–H and O–H groups in total. The molecule has 0 aliphatic carbocycles. The molecule has 4 aromatic rings. The molecule has 2 aromatic heterocycles. The number of oxazole rings is 1. The number of halogens is 3. The highest BCUT2D eigenvalue weighted by Gasteiger charge is 2.40. The van der Waals surface area contributed by atoms with Crippen molar-refractivity contribution in [2.24, 2.45) is 0 Å². The molecule has 1 fully saturated rings. The average Bonchev–Trinajstić information content (AvgIpc) is 3.58. The summed E-state index contributed by atoms with van der Waals surface area (Å²) >= 11 is 0.835. The maximum absolute atomic E-state index is 13.8. The number of alkyl halides is 3. The van der Waals surface area contributed by atoms with Gasteiger partial charge in [0.2, 0.25) is 11.7 Å². The fourth-order valence-corrected chi connectivity index (χ4v) is 5.38. The number of nitrogens with two attached hydrogens (primary N) is 1. The molecule has 0 amide bonds. The highest BCUT2D eigenvalue weighted by molar-refractivity contribution is 7.98. The zero-order chi connectivity index (χ0) is 30.8. The number of thioether (sulfide) groups is 1. The molecule has 5 rings (SSSR count). The maximum atomic E-state index is 13.8. The summed E-state index contributed by atoms with van der Waals surface area (Å²) in [5, 5.41) is 20.0. The minimum absolute atomic E-state index is 0.0107. The van der Waals surface area contributed by atoms with Crippen molar-refractivity contribution in [3.63, 3.8) is 0 Å². The Balaban J connectivity index is 1.42. The zero-order valence-corrected chi connectivity index (χ0v) is 23.8. The fourth-order valence-electron chi connectivity index (χ4n) is 4.46. The Bertz CT molecular complexity index is 1710. The molecular formula is C30H24F3N5O4S. The number of benzene rings is 2. The van der Waals surface area contributed by atoms with Crippen LogP contribution in [0.4, 0.5) is 19.0 Å². The molecule has 0 bridgehead atoms. The Hall–Kier alpha value is -4.56. The largest absolute Gasteiger partial charge is 0.491 e. The predicted octanol–water partition coefficient (Wildman–Crippen LogP) is 6.57. The Kier molecular flexibility index (Phi) is 8.33. The number of anilines is 1. The summed E-state index contributed by atoms with van der Waals surface area (Å²) in [7, 11) is 0. The first-order chi connectivity index (χ1) is 20.5. The maximum Gasteiger partial charge on any atom is 0.451 e. The average molecular weight is 608 g/mol. The van der Waals surface area contributed by atoms with Gasteiger partial charge in [0.15, 0.2) is 5.79 Å². The van der Waals surface area contributed by atoms with Crippen molar-refractivity contribution in [3.05, 3.63) is 77.2 Å². The Labute approximate surface area is 249 Å². The van der Waals surface area contributed by atoms with Crippen LogP contribution in [0.1, 0.15) is 36.4 Å². The van der Waals surface area contributed by atoms with Crippen LogP contribution in [-0.2, 0) is 21.4 Å². The van der Waals surface area contributed by atoms with E-state index in [-0.39, 0.29) is 57.6 Å². The van der Waals surface area contributed by atoms with Crippen LogP contribution in [-0.4, -0.2) is 35.1 Å². The van der Waals surface area contributed by atoms with E-state index in [9.17, 15) is 23.7 Å². The number of hydrogen-bond donors (Lipinski definition) is 1. The van der Waals surface area contributed by atoms with E-state index in [4.69, 9.17) is 24.4 Å². The van der Waals surface area contributed by atoms with E-state index in [1.165, 1.54) is 0 Å². The van der Waals surface area contributed by atoms with Crippen molar-refractivity contribution in [2.45, 2.75) is 42.7 Å². The van der Waals surface area contributed by atoms with Gasteiger partial charge in [-0.05, 0) is 43.7 Å². The van der Waals surface area contributed by atoms with Crippen LogP contribution in [0.5, 0.6) is 5.75 Å². The van der Waals surface area contributed by atoms with Crippen LogP contribution in [0.15, 0.2) is 64.0 Å². The van der Waals surface area contributed by atoms with Crippen molar-refractivity contribution < 1.29 is 31.8 Å². The molecule has 13 heteroatoms. The van der Waals surface area contributed by atoms with Gasteiger partial charge in [-0.2, -0.15) is 23.7 Å². The topological polar surface area (TPSA) is 140 Å². The normalized spacial score (nSPS) is 16.0. The van der Waals surface area contributed by atoms with Crippen molar-refractivity contribution >= 4 is 17.6 Å². The van der Waals surface area contributed by atoms with Crippen molar-refractivity contribution in [3.8, 4) is 40.5 Å². The first kappa shape index (κ1) is 29.9. The minimum atomic E-state index is -4.80. The third-order valence-corrected chi connectivity index (χ3v) is 7.37. The van der Waals surface area contributed by atoms with Crippen molar-refractivity contribution in [1.82, 2.24) is 9.97 Å². The van der Waals surface area contributed by atoms with E-state index >= 15 is 0 Å². The van der Waals surface area contributed by atoms with E-state index in [2.05, 4.69) is 9.97 Å². The Morgan fingerprint density at radius 3 is 2.33 bits per heavy atom. The molecule has 0 radical (unpaired) electrons. The number of hydrogen-bond acceptors (Lipinski definition) is 10. The molecule has 1 atom stereocenters. The molecule has 0 spiro atoms. The quantitative estimate of drug-likeness (QED) is 0.219. The van der Waals surface area contributed by atoms with Gasteiger partial charge in [0.25, 0.3) is 0 Å². The van der Waals surface area contributed by atoms with E-state index in [1.54, 1.807) is 54.6 Å². The molecule has 2 aromatic carbocycles. The number of pyridine rings is 1. The molecule has 9 nitrogen and oxygen atoms in total. The lowest BCUT2D eigenvalue weighted by atomic mass is 9.97. The van der Waals surface area contributed by atoms with Crippen molar-refractivity contribution in [2.75, 3.05) is 18.9 Å². The van der Waals surface area contributed by atoms with E-state index in [0.29, 0.717) is 23.5 Å². The Morgan fingerprint density at radius 1 is 1.02 bits per heavy atom. The van der Waals surface area contributed by atoms with Gasteiger partial charge >= 0.3 is 6.18 Å². The SMILES string of the molecule is CC1(C)OC[C@@H](COc2ccc(-c3c(C#N)c(N)nc(SCc4nc(-c5ccccc5)oc4C(F)(F)F)c3C#N)cc2)O1. The minimum Gasteiger partial charge on any atom is -0.491 e. The Morgan fingerprint density at radius 2 is 1.72 bits per heavy atom. The molecule has 1 saturated heterocycles. The highest BCUT2D eigenvalue weighted by atomic mass is 32.2. The number of aromatic nitrogens is 2. The molecule has 43 heavy (non-hydrogen) atoms. The summed E-state index contributed by atoms with van der Waals surface area (Å²) in [6.45, 7) is 4.28. The lowest BCUT2D eigenvalue weighted by molar-refractivity contribution is -0.153. The smallest absolute Gasteiger partial charge is 0.451 e. The zero-order valence-electron chi connectivity index (χ0n) is 22.9. The second-order valence-electron chi connectivity index (χ2n) is 9.88. The highest BCUT2D eigenvalue weighted by Crippen LogP contribution is 2.40. The summed E-state index contributed by atoms with van der Waals surface area (Å²) in [6, 6.07) is 18.9. The third kappa shape index (κ3) is 6.60. The van der Waals surface area contributed by atoms with Gasteiger partial charge in [0, 0.05) is 16.9 Å². The number of nitrogens with zero attached hydrogens (tertiary/aromatic N) is 4. The number of nitriles is 2. The second-order valence-corrected chi connectivity index (χ2v) is 10.8. The summed E-state index contributed by atoms with van der Waals surface area (Å²) in [5.41, 5.74) is 6.75. The second kappa shape index (κ2) is 12.0. The van der Waals surface area contributed by atoms with Crippen molar-refractivity contribution in [1.29, 1.82) is 10.5 Å². The molecular weight excluding hydrogens is 583 g/mol. The van der Waals surface area contributed by atoms with Crippen LogP contribution in [0, 0.1) is 22.7 Å². The van der Waals surface area contributed by atoms with Gasteiger partial charge in [-0.1, -0.05) is 42.1 Å². The summed E-state index contributed by atoms with van der Waals surface area (Å²) in [6.07, 6.45) is -5.04. The van der Waals surface area contributed by atoms with Crippen LogP contribution in [0.25, 0.3) is 22.6 Å².